The highest BCUT2D eigenvalue weighted by atomic mass is 19.1. The topological polar surface area (TPSA) is 121 Å². The van der Waals surface area contributed by atoms with E-state index in [1.807, 2.05) is 0 Å². The largest absolute Gasteiger partial charge is 0.464 e. The fraction of sp³-hybridized carbons (Fsp3) is 0. The van der Waals surface area contributed by atoms with Gasteiger partial charge in [-0.05, 0) is 6.07 Å². The molecule has 0 spiro atoms. The summed E-state index contributed by atoms with van der Waals surface area (Å²) in [6, 6.07) is 1.94. The predicted molar refractivity (Wildman–Crippen MR) is 51.6 cm³/mol. The number of nitrogens with zero attached hydrogens (tertiary/aromatic N) is 2. The van der Waals surface area contributed by atoms with Gasteiger partial charge < -0.3 is 10.2 Å². The van der Waals surface area contributed by atoms with Crippen LogP contribution in [0.1, 0.15) is 0 Å². The Bertz CT molecular complexity index is 489. The number of amides is 2. The maximum atomic E-state index is 13.2. The van der Waals surface area contributed by atoms with Crippen molar-refractivity contribution < 1.29 is 29.1 Å². The van der Waals surface area contributed by atoms with Crippen molar-refractivity contribution in [3.8, 4) is 0 Å². The molecule has 2 N–H and O–H groups in total. The van der Waals surface area contributed by atoms with Crippen molar-refractivity contribution in [1.29, 1.82) is 0 Å². The van der Waals surface area contributed by atoms with Crippen LogP contribution in [-0.2, 0) is 0 Å². The van der Waals surface area contributed by atoms with Crippen LogP contribution in [0.3, 0.4) is 0 Å². The molecule has 90 valence electrons. The normalized spacial score (nSPS) is 9.71. The van der Waals surface area contributed by atoms with Gasteiger partial charge in [-0.15, -0.1) is 0 Å². The minimum Gasteiger partial charge on any atom is -0.464 e. The average molecular weight is 244 g/mol. The summed E-state index contributed by atoms with van der Waals surface area (Å²) in [5, 5.41) is 27.5. The van der Waals surface area contributed by atoms with Gasteiger partial charge in [0, 0.05) is 12.1 Å². The molecule has 0 heterocycles. The van der Waals surface area contributed by atoms with E-state index in [-0.39, 0.29) is 4.90 Å². The molecule has 0 atom stereocenters. The number of halogens is 1. The molecule has 1 aromatic rings. The number of anilines is 1. The molecule has 0 saturated heterocycles. The van der Waals surface area contributed by atoms with E-state index in [4.69, 9.17) is 10.2 Å². The van der Waals surface area contributed by atoms with E-state index >= 15 is 0 Å². The van der Waals surface area contributed by atoms with Crippen molar-refractivity contribution in [2.45, 2.75) is 0 Å². The van der Waals surface area contributed by atoms with Gasteiger partial charge in [-0.1, -0.05) is 0 Å². The number of carboxylic acid groups (broad SMARTS) is 2. The highest BCUT2D eigenvalue weighted by Gasteiger charge is 2.27. The lowest BCUT2D eigenvalue weighted by atomic mass is 10.2. The monoisotopic (exact) mass is 244 g/mol. The van der Waals surface area contributed by atoms with Crippen molar-refractivity contribution in [3.05, 3.63) is 34.1 Å². The van der Waals surface area contributed by atoms with E-state index in [9.17, 15) is 24.1 Å². The number of benzene rings is 1. The number of carbonyl (C=O) groups is 2. The molecule has 0 radical (unpaired) electrons. The SMILES string of the molecule is O=C(O)N(C(=O)O)c1cc([N+](=O)[O-])ccc1F. The Morgan fingerprint density at radius 1 is 1.29 bits per heavy atom. The molecule has 17 heavy (non-hydrogen) atoms. The maximum Gasteiger partial charge on any atom is 0.421 e. The Balaban J connectivity index is 3.36. The molecule has 0 aromatic heterocycles. The Hall–Kier alpha value is -2.71. The zero-order chi connectivity index (χ0) is 13.2. The molecule has 0 aliphatic rings. The van der Waals surface area contributed by atoms with Crippen LogP contribution in [0.15, 0.2) is 18.2 Å². The van der Waals surface area contributed by atoms with Crippen LogP contribution in [-0.4, -0.2) is 27.3 Å². The fourth-order valence-corrected chi connectivity index (χ4v) is 1.07. The summed E-state index contributed by atoms with van der Waals surface area (Å²) in [6.07, 6.45) is -3.92. The van der Waals surface area contributed by atoms with Gasteiger partial charge in [-0.25, -0.2) is 14.0 Å². The second kappa shape index (κ2) is 4.43. The standard InChI is InChI=1S/C8H5FN2O6/c9-5-2-1-4(11(16)17)3-6(5)10(7(12)13)8(14)15/h1-3H,(H,12,13)(H,14,15). The fourth-order valence-electron chi connectivity index (χ4n) is 1.07. The van der Waals surface area contributed by atoms with Crippen molar-refractivity contribution in [3.63, 3.8) is 0 Å². The first-order valence-corrected chi connectivity index (χ1v) is 4.04. The Morgan fingerprint density at radius 2 is 1.82 bits per heavy atom. The minimum atomic E-state index is -1.96. The van der Waals surface area contributed by atoms with Crippen molar-refractivity contribution >= 4 is 23.6 Å². The van der Waals surface area contributed by atoms with E-state index < -0.39 is 34.3 Å². The molecule has 2 amide bonds. The number of imide groups is 1. The van der Waals surface area contributed by atoms with Crippen molar-refractivity contribution in [2.24, 2.45) is 0 Å². The van der Waals surface area contributed by atoms with E-state index in [2.05, 4.69) is 0 Å². The number of hydrogen-bond donors (Lipinski definition) is 2. The van der Waals surface area contributed by atoms with Gasteiger partial charge in [0.15, 0.2) is 0 Å². The van der Waals surface area contributed by atoms with Crippen LogP contribution < -0.4 is 4.90 Å². The quantitative estimate of drug-likeness (QED) is 0.605. The van der Waals surface area contributed by atoms with Crippen molar-refractivity contribution in [2.75, 3.05) is 4.90 Å². The lowest BCUT2D eigenvalue weighted by molar-refractivity contribution is -0.384. The van der Waals surface area contributed by atoms with Crippen LogP contribution in [0.2, 0.25) is 0 Å². The van der Waals surface area contributed by atoms with E-state index in [1.165, 1.54) is 0 Å². The van der Waals surface area contributed by atoms with Gasteiger partial charge in [-0.3, -0.25) is 10.1 Å². The number of nitro groups is 1. The second-order valence-corrected chi connectivity index (χ2v) is 2.79. The first-order chi connectivity index (χ1) is 7.84. The number of nitro benzene ring substituents is 1. The van der Waals surface area contributed by atoms with Crippen LogP contribution in [0.5, 0.6) is 0 Å². The first kappa shape index (κ1) is 12.4. The minimum absolute atomic E-state index is 0.345. The average Bonchev–Trinajstić information content (AvgIpc) is 2.19. The highest BCUT2D eigenvalue weighted by Crippen LogP contribution is 2.25. The number of non-ortho nitro benzene ring substituents is 1. The smallest absolute Gasteiger partial charge is 0.421 e. The second-order valence-electron chi connectivity index (χ2n) is 2.79. The van der Waals surface area contributed by atoms with E-state index in [1.54, 1.807) is 0 Å². The Kier molecular flexibility index (Phi) is 3.22. The molecule has 0 aliphatic heterocycles. The molecule has 0 bridgehead atoms. The summed E-state index contributed by atoms with van der Waals surface area (Å²) in [7, 11) is 0. The summed E-state index contributed by atoms with van der Waals surface area (Å²) in [4.78, 5) is 30.3. The molecule has 1 rings (SSSR count). The van der Waals surface area contributed by atoms with Crippen LogP contribution in [0, 0.1) is 15.9 Å². The van der Waals surface area contributed by atoms with Gasteiger partial charge in [0.05, 0.1) is 4.92 Å². The van der Waals surface area contributed by atoms with Gasteiger partial charge in [0.25, 0.3) is 5.69 Å². The summed E-state index contributed by atoms with van der Waals surface area (Å²) in [5.41, 5.74) is -1.53. The zero-order valence-electron chi connectivity index (χ0n) is 8.03. The van der Waals surface area contributed by atoms with Gasteiger partial charge >= 0.3 is 12.2 Å². The van der Waals surface area contributed by atoms with Crippen LogP contribution in [0.25, 0.3) is 0 Å². The number of rotatable bonds is 2. The zero-order valence-corrected chi connectivity index (χ0v) is 8.03. The molecule has 1 aromatic carbocycles. The Morgan fingerprint density at radius 3 is 2.24 bits per heavy atom. The molecule has 9 heteroatoms. The predicted octanol–water partition coefficient (Wildman–Crippen LogP) is 1.90. The molecular formula is C8H5FN2O6. The van der Waals surface area contributed by atoms with Crippen LogP contribution >= 0.6 is 0 Å². The molecule has 8 nitrogen and oxygen atoms in total. The number of hydrogen-bond acceptors (Lipinski definition) is 4. The van der Waals surface area contributed by atoms with E-state index in [0.29, 0.717) is 12.1 Å². The lowest BCUT2D eigenvalue weighted by Gasteiger charge is -2.13. The van der Waals surface area contributed by atoms with Crippen LogP contribution in [0.4, 0.5) is 25.4 Å². The summed E-state index contributed by atoms with van der Waals surface area (Å²) in [6.45, 7) is 0. The lowest BCUT2D eigenvalue weighted by Crippen LogP contribution is -2.35. The summed E-state index contributed by atoms with van der Waals surface area (Å²) < 4.78 is 13.2. The highest BCUT2D eigenvalue weighted by molar-refractivity contribution is 6.08. The third-order valence-corrected chi connectivity index (χ3v) is 1.76. The van der Waals surface area contributed by atoms with Crippen molar-refractivity contribution in [1.82, 2.24) is 0 Å². The third kappa shape index (κ3) is 2.45. The van der Waals surface area contributed by atoms with Gasteiger partial charge in [0.1, 0.15) is 11.5 Å². The molecular weight excluding hydrogens is 239 g/mol. The first-order valence-electron chi connectivity index (χ1n) is 4.04. The molecule has 0 saturated carbocycles. The molecule has 0 unspecified atom stereocenters. The summed E-state index contributed by atoms with van der Waals surface area (Å²) in [5.74, 6) is -1.19. The molecule has 0 fully saturated rings. The summed E-state index contributed by atoms with van der Waals surface area (Å²) >= 11 is 0. The molecule has 0 aliphatic carbocycles. The maximum absolute atomic E-state index is 13.2. The Labute approximate surface area is 92.7 Å². The van der Waals surface area contributed by atoms with Gasteiger partial charge in [-0.2, -0.15) is 4.90 Å². The third-order valence-electron chi connectivity index (χ3n) is 1.76. The van der Waals surface area contributed by atoms with E-state index in [0.717, 1.165) is 6.07 Å². The van der Waals surface area contributed by atoms with Gasteiger partial charge in [0.2, 0.25) is 0 Å².